The molecule has 1 rings (SSSR count). The normalized spacial score (nSPS) is 14.0. The first kappa shape index (κ1) is 18.0. The molecule has 1 aromatic carbocycles. The fourth-order valence-corrected chi connectivity index (χ4v) is 1.84. The zero-order chi connectivity index (χ0) is 17.0. The Morgan fingerprint density at radius 3 is 2.09 bits per heavy atom. The summed E-state index contributed by atoms with van der Waals surface area (Å²) in [6.45, 7) is 9.33. The highest BCUT2D eigenvalue weighted by Crippen LogP contribution is 2.24. The van der Waals surface area contributed by atoms with Crippen molar-refractivity contribution in [3.8, 4) is 5.75 Å². The number of ether oxygens (including phenoxy) is 1. The summed E-state index contributed by atoms with van der Waals surface area (Å²) in [5.74, 6) is -0.929. The first-order valence-corrected chi connectivity index (χ1v) is 7.36. The monoisotopic (exact) mass is 307 g/mol. The SMILES string of the molecule is CCC(C)(NC(=O)COc1ccc(C(C)(C)C)cc1)C(=O)O. The Balaban J connectivity index is 2.59. The lowest BCUT2D eigenvalue weighted by molar-refractivity contribution is -0.147. The number of hydrogen-bond donors (Lipinski definition) is 2. The molecular weight excluding hydrogens is 282 g/mol. The summed E-state index contributed by atoms with van der Waals surface area (Å²) in [6.07, 6.45) is 0.300. The van der Waals surface area contributed by atoms with E-state index in [1.807, 2.05) is 24.3 Å². The van der Waals surface area contributed by atoms with E-state index in [0.29, 0.717) is 12.2 Å². The molecule has 1 atom stereocenters. The molecule has 0 aliphatic heterocycles. The summed E-state index contributed by atoms with van der Waals surface area (Å²) < 4.78 is 5.40. The summed E-state index contributed by atoms with van der Waals surface area (Å²) in [7, 11) is 0. The molecule has 0 spiro atoms. The third-order valence-electron chi connectivity index (χ3n) is 3.68. The van der Waals surface area contributed by atoms with Crippen molar-refractivity contribution >= 4 is 11.9 Å². The number of rotatable bonds is 6. The smallest absolute Gasteiger partial charge is 0.329 e. The van der Waals surface area contributed by atoms with Gasteiger partial charge >= 0.3 is 5.97 Å². The number of carboxylic acid groups (broad SMARTS) is 1. The van der Waals surface area contributed by atoms with Gasteiger partial charge in [-0.05, 0) is 36.5 Å². The molecule has 0 heterocycles. The summed E-state index contributed by atoms with van der Waals surface area (Å²) in [6, 6.07) is 7.54. The van der Waals surface area contributed by atoms with Gasteiger partial charge in [0, 0.05) is 0 Å². The van der Waals surface area contributed by atoms with E-state index in [-0.39, 0.29) is 12.0 Å². The Morgan fingerprint density at radius 1 is 1.14 bits per heavy atom. The van der Waals surface area contributed by atoms with Crippen LogP contribution in [0, 0.1) is 0 Å². The Kier molecular flexibility index (Phi) is 5.58. The molecule has 0 saturated carbocycles. The minimum Gasteiger partial charge on any atom is -0.484 e. The molecule has 0 saturated heterocycles. The molecule has 0 aliphatic carbocycles. The van der Waals surface area contributed by atoms with E-state index in [1.54, 1.807) is 6.92 Å². The molecule has 1 amide bonds. The quantitative estimate of drug-likeness (QED) is 0.847. The van der Waals surface area contributed by atoms with Crippen LogP contribution in [-0.4, -0.2) is 29.1 Å². The number of carbonyl (C=O) groups is 2. The van der Waals surface area contributed by atoms with Gasteiger partial charge in [-0.15, -0.1) is 0 Å². The minimum absolute atomic E-state index is 0.0559. The first-order chi connectivity index (χ1) is 10.1. The van der Waals surface area contributed by atoms with Crippen molar-refractivity contribution < 1.29 is 19.4 Å². The fraction of sp³-hybridized carbons (Fsp3) is 0.529. The van der Waals surface area contributed by atoms with Gasteiger partial charge in [0.2, 0.25) is 0 Å². The van der Waals surface area contributed by atoms with E-state index in [0.717, 1.165) is 0 Å². The molecule has 122 valence electrons. The Labute approximate surface area is 131 Å². The second-order valence-electron chi connectivity index (χ2n) is 6.60. The second kappa shape index (κ2) is 6.81. The number of aliphatic carboxylic acids is 1. The highest BCUT2D eigenvalue weighted by Gasteiger charge is 2.32. The minimum atomic E-state index is -1.27. The number of benzene rings is 1. The molecule has 0 aromatic heterocycles. The maximum absolute atomic E-state index is 11.8. The van der Waals surface area contributed by atoms with E-state index in [9.17, 15) is 9.59 Å². The van der Waals surface area contributed by atoms with Crippen LogP contribution in [0.1, 0.15) is 46.6 Å². The third kappa shape index (κ3) is 4.76. The maximum atomic E-state index is 11.8. The van der Waals surface area contributed by atoms with Crippen molar-refractivity contribution in [2.75, 3.05) is 6.61 Å². The van der Waals surface area contributed by atoms with Gasteiger partial charge in [0.05, 0.1) is 0 Å². The van der Waals surface area contributed by atoms with Crippen LogP contribution >= 0.6 is 0 Å². The molecule has 5 heteroatoms. The third-order valence-corrected chi connectivity index (χ3v) is 3.68. The number of amides is 1. The molecule has 0 radical (unpaired) electrons. The predicted octanol–water partition coefficient (Wildman–Crippen LogP) is 2.73. The highest BCUT2D eigenvalue weighted by molar-refractivity contribution is 5.87. The lowest BCUT2D eigenvalue weighted by atomic mass is 9.87. The molecule has 1 aromatic rings. The van der Waals surface area contributed by atoms with Crippen LogP contribution in [0.5, 0.6) is 5.75 Å². The van der Waals surface area contributed by atoms with Gasteiger partial charge in [0.1, 0.15) is 11.3 Å². The van der Waals surface area contributed by atoms with Gasteiger partial charge in [0.25, 0.3) is 5.91 Å². The van der Waals surface area contributed by atoms with Crippen LogP contribution < -0.4 is 10.1 Å². The lowest BCUT2D eigenvalue weighted by Gasteiger charge is -2.24. The average molecular weight is 307 g/mol. The zero-order valence-electron chi connectivity index (χ0n) is 13.9. The number of carboxylic acids is 1. The number of nitrogens with one attached hydrogen (secondary N) is 1. The van der Waals surface area contributed by atoms with Gasteiger partial charge in [-0.1, -0.05) is 39.8 Å². The maximum Gasteiger partial charge on any atom is 0.329 e. The molecule has 5 nitrogen and oxygen atoms in total. The second-order valence-corrected chi connectivity index (χ2v) is 6.60. The van der Waals surface area contributed by atoms with Crippen LogP contribution in [0.4, 0.5) is 0 Å². The van der Waals surface area contributed by atoms with Gasteiger partial charge in [0.15, 0.2) is 6.61 Å². The van der Waals surface area contributed by atoms with E-state index >= 15 is 0 Å². The van der Waals surface area contributed by atoms with E-state index in [2.05, 4.69) is 26.1 Å². The molecule has 22 heavy (non-hydrogen) atoms. The summed E-state index contributed by atoms with van der Waals surface area (Å²) in [5.41, 5.74) is -0.0367. The van der Waals surface area contributed by atoms with Crippen LogP contribution in [0.15, 0.2) is 24.3 Å². The Bertz CT molecular complexity index is 531. The van der Waals surface area contributed by atoms with Crippen LogP contribution in [0.25, 0.3) is 0 Å². The van der Waals surface area contributed by atoms with Crippen molar-refractivity contribution in [1.82, 2.24) is 5.32 Å². The van der Waals surface area contributed by atoms with Crippen LogP contribution in [-0.2, 0) is 15.0 Å². The van der Waals surface area contributed by atoms with Crippen molar-refractivity contribution in [2.24, 2.45) is 0 Å². The van der Waals surface area contributed by atoms with Crippen molar-refractivity contribution in [2.45, 2.75) is 52.0 Å². The zero-order valence-corrected chi connectivity index (χ0v) is 13.9. The average Bonchev–Trinajstić information content (AvgIpc) is 2.44. The molecule has 0 fully saturated rings. The Morgan fingerprint density at radius 2 is 1.68 bits per heavy atom. The van der Waals surface area contributed by atoms with E-state index < -0.39 is 17.4 Å². The highest BCUT2D eigenvalue weighted by atomic mass is 16.5. The van der Waals surface area contributed by atoms with Crippen molar-refractivity contribution in [3.05, 3.63) is 29.8 Å². The van der Waals surface area contributed by atoms with Crippen molar-refractivity contribution in [1.29, 1.82) is 0 Å². The molecule has 2 N–H and O–H groups in total. The molecule has 0 aliphatic rings. The Hall–Kier alpha value is -2.04. The number of carbonyl (C=O) groups excluding carboxylic acids is 1. The molecule has 1 unspecified atom stereocenters. The molecule has 0 bridgehead atoms. The summed E-state index contributed by atoms with van der Waals surface area (Å²) in [4.78, 5) is 23.0. The predicted molar refractivity (Wildman–Crippen MR) is 85.1 cm³/mol. The topological polar surface area (TPSA) is 75.6 Å². The molecular formula is C17H25NO4. The van der Waals surface area contributed by atoms with Crippen molar-refractivity contribution in [3.63, 3.8) is 0 Å². The van der Waals surface area contributed by atoms with Crippen LogP contribution in [0.3, 0.4) is 0 Å². The first-order valence-electron chi connectivity index (χ1n) is 7.36. The van der Waals surface area contributed by atoms with E-state index in [4.69, 9.17) is 9.84 Å². The largest absolute Gasteiger partial charge is 0.484 e. The van der Waals surface area contributed by atoms with Gasteiger partial charge < -0.3 is 15.2 Å². The number of hydrogen-bond acceptors (Lipinski definition) is 3. The van der Waals surface area contributed by atoms with Gasteiger partial charge in [-0.25, -0.2) is 4.79 Å². The summed E-state index contributed by atoms with van der Waals surface area (Å²) >= 11 is 0. The lowest BCUT2D eigenvalue weighted by Crippen LogP contribution is -2.53. The fourth-order valence-electron chi connectivity index (χ4n) is 1.84. The summed E-state index contributed by atoms with van der Waals surface area (Å²) in [5, 5.41) is 11.6. The van der Waals surface area contributed by atoms with E-state index in [1.165, 1.54) is 12.5 Å². The van der Waals surface area contributed by atoms with Crippen LogP contribution in [0.2, 0.25) is 0 Å². The van der Waals surface area contributed by atoms with Gasteiger partial charge in [-0.2, -0.15) is 0 Å². The standard InChI is InChI=1S/C17H25NO4/c1-6-17(5,15(20)21)18-14(19)11-22-13-9-7-12(8-10-13)16(2,3)4/h7-10H,6,11H2,1-5H3,(H,18,19)(H,20,21). The van der Waals surface area contributed by atoms with Gasteiger partial charge in [-0.3, -0.25) is 4.79 Å².